The van der Waals surface area contributed by atoms with E-state index in [0.29, 0.717) is 5.69 Å². The maximum atomic E-state index is 11.8. The first kappa shape index (κ1) is 12.6. The minimum absolute atomic E-state index is 0. The molecule has 86 valence electrons. The van der Waals surface area contributed by atoms with Gasteiger partial charge < -0.3 is 5.73 Å². The Hall–Kier alpha value is -1.45. The summed E-state index contributed by atoms with van der Waals surface area (Å²) in [5.74, 6) is 0. The molecular formula is C11H12FeN3O-. The zero-order chi connectivity index (χ0) is 11.0. The van der Waals surface area contributed by atoms with Crippen molar-refractivity contribution in [3.05, 3.63) is 52.1 Å². The van der Waals surface area contributed by atoms with E-state index in [1.165, 1.54) is 4.68 Å². The summed E-state index contributed by atoms with van der Waals surface area (Å²) in [7, 11) is 1.78. The van der Waals surface area contributed by atoms with Crippen LogP contribution in [0.4, 0.5) is 5.69 Å². The zero-order valence-corrected chi connectivity index (χ0v) is 10.1. The second-order valence-electron chi connectivity index (χ2n) is 3.44. The van der Waals surface area contributed by atoms with Crippen LogP contribution in [-0.2, 0) is 24.1 Å². The fraction of sp³-hybridized carbons (Fsp3) is 0.182. The van der Waals surface area contributed by atoms with Gasteiger partial charge in [0.05, 0.1) is 5.69 Å². The molecule has 0 spiro atoms. The SMILES string of the molecule is Cc1c([NH-])c(=O)n(-c2ccccc2)n1C.[Fe]. The zero-order valence-electron chi connectivity index (χ0n) is 9.04. The molecule has 2 aromatic rings. The number of benzene rings is 1. The summed E-state index contributed by atoms with van der Waals surface area (Å²) in [4.78, 5) is 11.8. The maximum absolute atomic E-state index is 11.8. The van der Waals surface area contributed by atoms with Crippen LogP contribution in [0.15, 0.2) is 35.1 Å². The number of hydrogen-bond acceptors (Lipinski definition) is 1. The third-order valence-electron chi connectivity index (χ3n) is 2.55. The molecule has 0 bridgehead atoms. The normalized spacial score (nSPS) is 9.88. The Morgan fingerprint density at radius 1 is 1.19 bits per heavy atom. The van der Waals surface area contributed by atoms with Crippen molar-refractivity contribution in [2.75, 3.05) is 0 Å². The van der Waals surface area contributed by atoms with Gasteiger partial charge in [0.25, 0.3) is 5.56 Å². The van der Waals surface area contributed by atoms with Crippen LogP contribution in [0.3, 0.4) is 0 Å². The molecule has 0 aliphatic rings. The molecule has 4 nitrogen and oxygen atoms in total. The van der Waals surface area contributed by atoms with Gasteiger partial charge in [-0.15, -0.1) is 0 Å². The summed E-state index contributed by atoms with van der Waals surface area (Å²) in [6, 6.07) is 9.33. The predicted molar refractivity (Wildman–Crippen MR) is 59.7 cm³/mol. The number of rotatable bonds is 1. The van der Waals surface area contributed by atoms with E-state index >= 15 is 0 Å². The van der Waals surface area contributed by atoms with E-state index in [0.717, 1.165) is 5.69 Å². The molecule has 0 fully saturated rings. The van der Waals surface area contributed by atoms with Crippen molar-refractivity contribution in [3.63, 3.8) is 0 Å². The number of hydrogen-bond donors (Lipinski definition) is 0. The fourth-order valence-electron chi connectivity index (χ4n) is 1.57. The summed E-state index contributed by atoms with van der Waals surface area (Å²) in [5.41, 5.74) is 8.84. The standard InChI is InChI=1S/C11H12N3O.Fe/c1-8-10(12)11(15)14(13(8)2)9-6-4-3-5-7-9;/h3-7,12H,1-2H3;/q-1;. The molecule has 0 saturated heterocycles. The molecule has 16 heavy (non-hydrogen) atoms. The first-order valence-corrected chi connectivity index (χ1v) is 4.68. The Bertz CT molecular complexity index is 542. The third kappa shape index (κ3) is 1.79. The average molecular weight is 258 g/mol. The molecule has 0 amide bonds. The quantitative estimate of drug-likeness (QED) is 0.723. The van der Waals surface area contributed by atoms with Crippen molar-refractivity contribution < 1.29 is 17.1 Å². The van der Waals surface area contributed by atoms with Gasteiger partial charge in [-0.3, -0.25) is 9.48 Å². The first-order chi connectivity index (χ1) is 7.13. The smallest absolute Gasteiger partial charge is 0.256 e. The van der Waals surface area contributed by atoms with Crippen LogP contribution < -0.4 is 5.56 Å². The number of aromatic nitrogens is 2. The van der Waals surface area contributed by atoms with Gasteiger partial charge in [-0.05, 0) is 19.1 Å². The van der Waals surface area contributed by atoms with Crippen LogP contribution in [0, 0.1) is 6.92 Å². The van der Waals surface area contributed by atoms with E-state index in [1.54, 1.807) is 18.7 Å². The minimum Gasteiger partial charge on any atom is -0.693 e. The van der Waals surface area contributed by atoms with Crippen LogP contribution in [-0.4, -0.2) is 9.36 Å². The third-order valence-corrected chi connectivity index (χ3v) is 2.55. The largest absolute Gasteiger partial charge is 0.693 e. The topological polar surface area (TPSA) is 50.7 Å². The van der Waals surface area contributed by atoms with Crippen LogP contribution >= 0.6 is 0 Å². The van der Waals surface area contributed by atoms with Gasteiger partial charge >= 0.3 is 0 Å². The number of para-hydroxylation sites is 1. The second kappa shape index (κ2) is 4.60. The summed E-state index contributed by atoms with van der Waals surface area (Å²) in [5, 5.41) is 0. The van der Waals surface area contributed by atoms with Gasteiger partial charge in [0, 0.05) is 29.8 Å². The molecule has 0 aliphatic carbocycles. The molecule has 1 aromatic heterocycles. The van der Waals surface area contributed by atoms with Gasteiger partial charge in [0.15, 0.2) is 0 Å². The van der Waals surface area contributed by atoms with Crippen LogP contribution in [0.1, 0.15) is 5.69 Å². The van der Waals surface area contributed by atoms with E-state index < -0.39 is 0 Å². The van der Waals surface area contributed by atoms with Crippen LogP contribution in [0.5, 0.6) is 0 Å². The molecule has 0 saturated carbocycles. The Labute approximate surface area is 104 Å². The van der Waals surface area contributed by atoms with Gasteiger partial charge in [0.1, 0.15) is 0 Å². The van der Waals surface area contributed by atoms with Gasteiger partial charge in [-0.2, -0.15) is 0 Å². The molecule has 1 aromatic carbocycles. The van der Waals surface area contributed by atoms with Crippen molar-refractivity contribution in [1.29, 1.82) is 0 Å². The fourth-order valence-corrected chi connectivity index (χ4v) is 1.57. The van der Waals surface area contributed by atoms with Gasteiger partial charge in [-0.1, -0.05) is 23.9 Å². The Morgan fingerprint density at radius 3 is 2.19 bits per heavy atom. The van der Waals surface area contributed by atoms with Crippen molar-refractivity contribution in [2.24, 2.45) is 7.05 Å². The minimum atomic E-state index is -0.277. The summed E-state index contributed by atoms with van der Waals surface area (Å²) in [6.07, 6.45) is 0. The number of nitrogens with one attached hydrogen (secondary N) is 1. The summed E-state index contributed by atoms with van der Waals surface area (Å²) >= 11 is 0. The number of nitrogens with zero attached hydrogens (tertiary/aromatic N) is 2. The van der Waals surface area contributed by atoms with Crippen molar-refractivity contribution >= 4 is 5.69 Å². The molecule has 1 N–H and O–H groups in total. The van der Waals surface area contributed by atoms with E-state index in [-0.39, 0.29) is 28.3 Å². The van der Waals surface area contributed by atoms with E-state index in [1.807, 2.05) is 30.3 Å². The van der Waals surface area contributed by atoms with Crippen molar-refractivity contribution in [1.82, 2.24) is 9.36 Å². The second-order valence-corrected chi connectivity index (χ2v) is 3.44. The van der Waals surface area contributed by atoms with Gasteiger partial charge in [-0.25, -0.2) is 4.68 Å². The molecule has 2 rings (SSSR count). The van der Waals surface area contributed by atoms with Crippen LogP contribution in [0.25, 0.3) is 11.4 Å². The Balaban J connectivity index is 0.00000128. The van der Waals surface area contributed by atoms with Gasteiger partial charge in [0.2, 0.25) is 0 Å². The van der Waals surface area contributed by atoms with E-state index in [4.69, 9.17) is 5.73 Å². The van der Waals surface area contributed by atoms with Crippen molar-refractivity contribution in [2.45, 2.75) is 6.92 Å². The summed E-state index contributed by atoms with van der Waals surface area (Å²) < 4.78 is 3.19. The molecule has 0 unspecified atom stereocenters. The maximum Gasteiger partial charge on any atom is 0.256 e. The molecule has 0 atom stereocenters. The first-order valence-electron chi connectivity index (χ1n) is 4.68. The van der Waals surface area contributed by atoms with Crippen molar-refractivity contribution in [3.8, 4) is 5.69 Å². The predicted octanol–water partition coefficient (Wildman–Crippen LogP) is 2.17. The van der Waals surface area contributed by atoms with E-state index in [2.05, 4.69) is 0 Å². The molecule has 5 heteroatoms. The van der Waals surface area contributed by atoms with E-state index in [9.17, 15) is 4.79 Å². The summed E-state index contributed by atoms with van der Waals surface area (Å²) in [6.45, 7) is 1.77. The molecule has 0 radical (unpaired) electrons. The molecule has 0 aliphatic heterocycles. The average Bonchev–Trinajstić information content (AvgIpc) is 2.45. The molecular weight excluding hydrogens is 246 g/mol. The Morgan fingerprint density at radius 2 is 1.75 bits per heavy atom. The monoisotopic (exact) mass is 258 g/mol. The Kier molecular flexibility index (Phi) is 3.62. The molecule has 1 heterocycles. The van der Waals surface area contributed by atoms with Crippen LogP contribution in [0.2, 0.25) is 0 Å².